The molecule has 3 rings (SSSR count). The second kappa shape index (κ2) is 9.04. The number of hydrogen-bond acceptors (Lipinski definition) is 5. The van der Waals surface area contributed by atoms with Gasteiger partial charge in [0.25, 0.3) is 5.91 Å². The van der Waals surface area contributed by atoms with Crippen molar-refractivity contribution in [3.63, 3.8) is 0 Å². The van der Waals surface area contributed by atoms with Crippen LogP contribution in [0.2, 0.25) is 0 Å². The minimum Gasteiger partial charge on any atom is -0.497 e. The summed E-state index contributed by atoms with van der Waals surface area (Å²) in [7, 11) is 5.17. The van der Waals surface area contributed by atoms with E-state index in [2.05, 4.69) is 4.90 Å². The van der Waals surface area contributed by atoms with Gasteiger partial charge in [0, 0.05) is 58.4 Å². The summed E-state index contributed by atoms with van der Waals surface area (Å²) in [5, 5.41) is 0. The van der Waals surface area contributed by atoms with Crippen molar-refractivity contribution >= 4 is 5.91 Å². The number of hydrogen-bond donors (Lipinski definition) is 0. The molecule has 1 aromatic rings. The Morgan fingerprint density at radius 3 is 2.41 bits per heavy atom. The Labute approximate surface area is 162 Å². The second-order valence-corrected chi connectivity index (χ2v) is 7.76. The molecule has 2 aliphatic heterocycles. The molecule has 2 heterocycles. The third kappa shape index (κ3) is 4.45. The lowest BCUT2D eigenvalue weighted by atomic mass is 9.71. The Bertz CT molecular complexity index is 611. The van der Waals surface area contributed by atoms with Crippen molar-refractivity contribution in [3.05, 3.63) is 29.8 Å². The number of rotatable bonds is 7. The maximum absolute atomic E-state index is 12.8. The normalized spacial score (nSPS) is 22.3. The van der Waals surface area contributed by atoms with E-state index in [4.69, 9.17) is 14.2 Å². The summed E-state index contributed by atoms with van der Waals surface area (Å²) in [6.07, 6.45) is 2.07. The molecule has 0 N–H and O–H groups in total. The maximum Gasteiger partial charge on any atom is 0.253 e. The van der Waals surface area contributed by atoms with Crippen molar-refractivity contribution < 1.29 is 19.0 Å². The topological polar surface area (TPSA) is 51.2 Å². The van der Waals surface area contributed by atoms with Gasteiger partial charge in [-0.25, -0.2) is 0 Å². The zero-order chi connectivity index (χ0) is 19.3. The van der Waals surface area contributed by atoms with Crippen LogP contribution in [0.3, 0.4) is 0 Å². The number of benzene rings is 1. The van der Waals surface area contributed by atoms with Crippen LogP contribution in [0, 0.1) is 11.3 Å². The molecule has 0 radical (unpaired) electrons. The van der Waals surface area contributed by atoms with Crippen LogP contribution in [0.15, 0.2) is 24.3 Å². The Kier molecular flexibility index (Phi) is 6.73. The first-order valence-electron chi connectivity index (χ1n) is 9.75. The van der Waals surface area contributed by atoms with Crippen molar-refractivity contribution in [1.29, 1.82) is 0 Å². The lowest BCUT2D eigenvalue weighted by molar-refractivity contribution is 0.0321. The molecule has 0 bridgehead atoms. The monoisotopic (exact) mass is 376 g/mol. The number of amides is 1. The van der Waals surface area contributed by atoms with Gasteiger partial charge in [-0.2, -0.15) is 0 Å². The number of methoxy groups -OCH3 is 3. The number of likely N-dealkylation sites (tertiary alicyclic amines) is 2. The summed E-state index contributed by atoms with van der Waals surface area (Å²) >= 11 is 0. The van der Waals surface area contributed by atoms with Gasteiger partial charge in [-0.15, -0.1) is 0 Å². The standard InChI is InChI=1S/C21H32N2O4/c1-25-13-12-22-14-18(15-26-2)21(16-22)8-10-23(11-9-21)20(24)17-4-6-19(27-3)7-5-17/h4-7,18H,8-16H2,1-3H3/t18-/m0/s1. The highest BCUT2D eigenvalue weighted by atomic mass is 16.5. The van der Waals surface area contributed by atoms with Gasteiger partial charge in [0.15, 0.2) is 0 Å². The van der Waals surface area contributed by atoms with E-state index < -0.39 is 0 Å². The maximum atomic E-state index is 12.8. The zero-order valence-electron chi connectivity index (χ0n) is 16.8. The summed E-state index contributed by atoms with van der Waals surface area (Å²) < 4.78 is 16.0. The van der Waals surface area contributed by atoms with E-state index in [1.807, 2.05) is 29.2 Å². The third-order valence-corrected chi connectivity index (χ3v) is 6.25. The fraction of sp³-hybridized carbons (Fsp3) is 0.667. The van der Waals surface area contributed by atoms with Crippen molar-refractivity contribution in [2.75, 3.05) is 67.3 Å². The van der Waals surface area contributed by atoms with Crippen LogP contribution in [0.25, 0.3) is 0 Å². The van der Waals surface area contributed by atoms with E-state index in [0.29, 0.717) is 5.92 Å². The van der Waals surface area contributed by atoms with Crippen LogP contribution in [0.1, 0.15) is 23.2 Å². The lowest BCUT2D eigenvalue weighted by Crippen LogP contribution is -2.47. The second-order valence-electron chi connectivity index (χ2n) is 7.76. The third-order valence-electron chi connectivity index (χ3n) is 6.25. The molecule has 2 fully saturated rings. The number of carbonyl (C=O) groups is 1. The quantitative estimate of drug-likeness (QED) is 0.730. The Morgan fingerprint density at radius 1 is 1.11 bits per heavy atom. The molecule has 1 atom stereocenters. The molecule has 2 aliphatic rings. The number of carbonyl (C=O) groups excluding carboxylic acids is 1. The Morgan fingerprint density at radius 2 is 1.81 bits per heavy atom. The van der Waals surface area contributed by atoms with Gasteiger partial charge >= 0.3 is 0 Å². The minimum atomic E-state index is 0.116. The average Bonchev–Trinajstić information content (AvgIpc) is 3.03. The molecule has 150 valence electrons. The molecule has 0 aromatic heterocycles. The first-order valence-corrected chi connectivity index (χ1v) is 9.75. The predicted molar refractivity (Wildman–Crippen MR) is 104 cm³/mol. The highest BCUT2D eigenvalue weighted by molar-refractivity contribution is 5.94. The molecular formula is C21H32N2O4. The molecule has 6 nitrogen and oxygen atoms in total. The van der Waals surface area contributed by atoms with Gasteiger partial charge in [-0.05, 0) is 42.5 Å². The van der Waals surface area contributed by atoms with Gasteiger partial charge in [-0.3, -0.25) is 4.79 Å². The van der Waals surface area contributed by atoms with Gasteiger partial charge in [-0.1, -0.05) is 0 Å². The van der Waals surface area contributed by atoms with Gasteiger partial charge in [0.2, 0.25) is 0 Å². The number of ether oxygens (including phenoxy) is 3. The fourth-order valence-electron chi connectivity index (χ4n) is 4.60. The van der Waals surface area contributed by atoms with E-state index in [-0.39, 0.29) is 11.3 Å². The number of piperidine rings is 1. The molecule has 0 saturated carbocycles. The van der Waals surface area contributed by atoms with Gasteiger partial charge in [0.05, 0.1) is 20.3 Å². The SMILES string of the molecule is COCCN1C[C@@H](COC)C2(CCN(C(=O)c3ccc(OC)cc3)CC2)C1. The summed E-state index contributed by atoms with van der Waals surface area (Å²) in [6.45, 7) is 6.27. The van der Waals surface area contributed by atoms with Crippen LogP contribution >= 0.6 is 0 Å². The van der Waals surface area contributed by atoms with E-state index >= 15 is 0 Å². The van der Waals surface area contributed by atoms with Crippen molar-refractivity contribution in [2.45, 2.75) is 12.8 Å². The van der Waals surface area contributed by atoms with Gasteiger partial charge in [0.1, 0.15) is 5.75 Å². The highest BCUT2D eigenvalue weighted by Crippen LogP contribution is 2.45. The van der Waals surface area contributed by atoms with Crippen molar-refractivity contribution in [1.82, 2.24) is 9.80 Å². The highest BCUT2D eigenvalue weighted by Gasteiger charge is 2.48. The first-order chi connectivity index (χ1) is 13.1. The average molecular weight is 376 g/mol. The first kappa shape index (κ1) is 20.1. The smallest absolute Gasteiger partial charge is 0.253 e. The summed E-state index contributed by atoms with van der Waals surface area (Å²) in [5.41, 5.74) is 0.980. The van der Waals surface area contributed by atoms with Crippen LogP contribution in [-0.2, 0) is 9.47 Å². The van der Waals surface area contributed by atoms with Crippen LogP contribution in [0.5, 0.6) is 5.75 Å². The molecule has 0 unspecified atom stereocenters. The zero-order valence-corrected chi connectivity index (χ0v) is 16.8. The predicted octanol–water partition coefficient (Wildman–Crippen LogP) is 2.14. The van der Waals surface area contributed by atoms with Crippen LogP contribution < -0.4 is 4.74 Å². The van der Waals surface area contributed by atoms with E-state index in [0.717, 1.165) is 70.1 Å². The molecular weight excluding hydrogens is 344 g/mol. The summed E-state index contributed by atoms with van der Waals surface area (Å²) in [4.78, 5) is 17.3. The summed E-state index contributed by atoms with van der Waals surface area (Å²) in [6, 6.07) is 7.39. The van der Waals surface area contributed by atoms with Crippen molar-refractivity contribution in [2.24, 2.45) is 11.3 Å². The molecule has 1 spiro atoms. The van der Waals surface area contributed by atoms with Gasteiger partial charge < -0.3 is 24.0 Å². The lowest BCUT2D eigenvalue weighted by Gasteiger charge is -2.42. The number of nitrogens with zero attached hydrogens (tertiary/aromatic N) is 2. The van der Waals surface area contributed by atoms with E-state index in [1.165, 1.54) is 0 Å². The molecule has 2 saturated heterocycles. The Hall–Kier alpha value is -1.63. The summed E-state index contributed by atoms with van der Waals surface area (Å²) in [5.74, 6) is 1.41. The minimum absolute atomic E-state index is 0.116. The molecule has 27 heavy (non-hydrogen) atoms. The molecule has 6 heteroatoms. The molecule has 1 amide bonds. The van der Waals surface area contributed by atoms with E-state index in [9.17, 15) is 4.79 Å². The largest absolute Gasteiger partial charge is 0.497 e. The Balaban J connectivity index is 1.62. The van der Waals surface area contributed by atoms with E-state index in [1.54, 1.807) is 21.3 Å². The van der Waals surface area contributed by atoms with Crippen molar-refractivity contribution in [3.8, 4) is 5.75 Å². The molecule has 1 aromatic carbocycles. The van der Waals surface area contributed by atoms with Crippen LogP contribution in [-0.4, -0.2) is 83.0 Å². The van der Waals surface area contributed by atoms with Crippen LogP contribution in [0.4, 0.5) is 0 Å². The molecule has 0 aliphatic carbocycles. The fourth-order valence-corrected chi connectivity index (χ4v) is 4.60.